The summed E-state index contributed by atoms with van der Waals surface area (Å²) >= 11 is 0. The molecule has 0 radical (unpaired) electrons. The number of rotatable bonds is 7. The van der Waals surface area contributed by atoms with Crippen molar-refractivity contribution in [2.75, 3.05) is 6.54 Å². The average molecular weight is 481 g/mol. The maximum Gasteiger partial charge on any atom is 0.320 e. The molecule has 3 heterocycles. The van der Waals surface area contributed by atoms with E-state index in [9.17, 15) is 4.79 Å². The van der Waals surface area contributed by atoms with Crippen LogP contribution >= 0.6 is 0 Å². The van der Waals surface area contributed by atoms with E-state index in [1.54, 1.807) is 18.6 Å². The smallest absolute Gasteiger partial charge is 0.320 e. The van der Waals surface area contributed by atoms with Crippen LogP contribution in [0, 0.1) is 0 Å². The Hall–Kier alpha value is -2.54. The molecular weight excluding hydrogens is 455 g/mol. The predicted octanol–water partition coefficient (Wildman–Crippen LogP) is 2.73. The Balaban J connectivity index is 0.000000332. The maximum absolute atomic E-state index is 10.1. The van der Waals surface area contributed by atoms with E-state index in [2.05, 4.69) is 15.0 Å². The first-order valence-corrected chi connectivity index (χ1v) is 9.07. The van der Waals surface area contributed by atoms with Gasteiger partial charge in [-0.2, -0.15) is 0 Å². The second kappa shape index (κ2) is 13.6. The van der Waals surface area contributed by atoms with Gasteiger partial charge in [0.15, 0.2) is 0 Å². The molecule has 154 valence electrons. The van der Waals surface area contributed by atoms with E-state index in [1.165, 1.54) is 0 Å². The molecule has 8 heteroatoms. The van der Waals surface area contributed by atoms with E-state index in [-0.39, 0.29) is 19.5 Å². The van der Waals surface area contributed by atoms with Crippen molar-refractivity contribution >= 4 is 5.97 Å². The molecule has 0 aliphatic heterocycles. The molecule has 5 N–H and O–H groups in total. The maximum atomic E-state index is 10.1. The van der Waals surface area contributed by atoms with Crippen molar-refractivity contribution in [3.05, 3.63) is 67.4 Å². The summed E-state index contributed by atoms with van der Waals surface area (Å²) in [6.45, 7) is 0.604. The molecule has 0 aliphatic carbocycles. The third-order valence-electron chi connectivity index (χ3n) is 4.00. The largest absolute Gasteiger partial charge is 0.480 e. The Morgan fingerprint density at radius 3 is 2.14 bits per heavy atom. The number of carboxylic acid groups (broad SMARTS) is 1. The SMILES string of the molecule is NCCCCC(N)C(=O)O.[Ru].c1cncc(-c2cccnc2-c2cccnc2)c1. The number of hydrogen-bond donors (Lipinski definition) is 3. The number of nitrogens with two attached hydrogens (primary N) is 2. The second-order valence-corrected chi connectivity index (χ2v) is 6.11. The zero-order chi connectivity index (χ0) is 20.2. The molecule has 29 heavy (non-hydrogen) atoms. The summed E-state index contributed by atoms with van der Waals surface area (Å²) in [6.07, 6.45) is 11.2. The number of aliphatic carboxylic acids is 1. The first-order valence-electron chi connectivity index (χ1n) is 9.07. The standard InChI is InChI=1S/C15H11N3.C6H14N2O2.Ru/c1-4-12(10-16-7-1)14-6-3-9-18-15(14)13-5-2-8-17-11-13;7-4-2-1-3-5(8)6(9)10;/h1-11H;5H,1-4,7-8H2,(H,9,10);. The van der Waals surface area contributed by atoms with E-state index in [1.807, 2.05) is 48.8 Å². The summed E-state index contributed by atoms with van der Waals surface area (Å²) in [5, 5.41) is 8.33. The van der Waals surface area contributed by atoms with Gasteiger partial charge in [-0.3, -0.25) is 19.7 Å². The molecule has 1 unspecified atom stereocenters. The summed E-state index contributed by atoms with van der Waals surface area (Å²) < 4.78 is 0. The molecule has 3 aromatic rings. The molecule has 0 spiro atoms. The summed E-state index contributed by atoms with van der Waals surface area (Å²) in [5.41, 5.74) is 14.5. The van der Waals surface area contributed by atoms with Crippen LogP contribution in [0.25, 0.3) is 22.4 Å². The van der Waals surface area contributed by atoms with Crippen LogP contribution < -0.4 is 11.5 Å². The number of pyridine rings is 3. The third-order valence-corrected chi connectivity index (χ3v) is 4.00. The summed E-state index contributed by atoms with van der Waals surface area (Å²) in [6, 6.07) is 11.1. The van der Waals surface area contributed by atoms with E-state index < -0.39 is 12.0 Å². The van der Waals surface area contributed by atoms with Crippen LogP contribution in [-0.4, -0.2) is 38.6 Å². The van der Waals surface area contributed by atoms with Crippen LogP contribution in [0.4, 0.5) is 0 Å². The van der Waals surface area contributed by atoms with Gasteiger partial charge in [0.1, 0.15) is 6.04 Å². The number of carboxylic acids is 1. The van der Waals surface area contributed by atoms with Gasteiger partial charge in [-0.25, -0.2) is 0 Å². The Morgan fingerprint density at radius 2 is 1.59 bits per heavy atom. The van der Waals surface area contributed by atoms with E-state index >= 15 is 0 Å². The minimum Gasteiger partial charge on any atom is -0.480 e. The number of unbranched alkanes of at least 4 members (excludes halogenated alkanes) is 1. The van der Waals surface area contributed by atoms with Crippen LogP contribution in [0.5, 0.6) is 0 Å². The molecule has 0 saturated carbocycles. The minimum absolute atomic E-state index is 0. The number of hydrogen-bond acceptors (Lipinski definition) is 6. The predicted molar refractivity (Wildman–Crippen MR) is 109 cm³/mol. The second-order valence-electron chi connectivity index (χ2n) is 6.11. The van der Waals surface area contributed by atoms with Crippen LogP contribution in [0.2, 0.25) is 0 Å². The van der Waals surface area contributed by atoms with Crippen molar-refractivity contribution < 1.29 is 29.4 Å². The van der Waals surface area contributed by atoms with Gasteiger partial charge in [-0.1, -0.05) is 18.6 Å². The van der Waals surface area contributed by atoms with Crippen molar-refractivity contribution in [3.8, 4) is 22.4 Å². The van der Waals surface area contributed by atoms with Gasteiger partial charge >= 0.3 is 5.97 Å². The molecule has 0 bridgehead atoms. The van der Waals surface area contributed by atoms with Crippen LogP contribution in [0.1, 0.15) is 19.3 Å². The molecule has 3 aromatic heterocycles. The van der Waals surface area contributed by atoms with Crippen LogP contribution in [-0.2, 0) is 24.3 Å². The molecule has 7 nitrogen and oxygen atoms in total. The van der Waals surface area contributed by atoms with Crippen LogP contribution in [0.15, 0.2) is 67.4 Å². The van der Waals surface area contributed by atoms with Crippen molar-refractivity contribution in [1.29, 1.82) is 0 Å². The van der Waals surface area contributed by atoms with Crippen molar-refractivity contribution in [1.82, 2.24) is 15.0 Å². The Bertz CT molecular complexity index is 791. The number of nitrogens with zero attached hydrogens (tertiary/aromatic N) is 3. The number of aromatic nitrogens is 3. The summed E-state index contributed by atoms with van der Waals surface area (Å²) in [4.78, 5) is 22.9. The van der Waals surface area contributed by atoms with Gasteiger partial charge in [0.05, 0.1) is 5.69 Å². The molecule has 0 saturated heterocycles. The first-order chi connectivity index (χ1) is 13.6. The van der Waals surface area contributed by atoms with Crippen LogP contribution in [0.3, 0.4) is 0 Å². The fourth-order valence-electron chi connectivity index (χ4n) is 2.53. The Morgan fingerprint density at radius 1 is 0.966 bits per heavy atom. The first kappa shape index (κ1) is 24.5. The summed E-state index contributed by atoms with van der Waals surface area (Å²) in [5.74, 6) is -0.933. The Labute approximate surface area is 183 Å². The van der Waals surface area contributed by atoms with Gasteiger partial charge in [-0.15, -0.1) is 0 Å². The monoisotopic (exact) mass is 481 g/mol. The molecule has 0 fully saturated rings. The van der Waals surface area contributed by atoms with Gasteiger partial charge in [0.25, 0.3) is 0 Å². The molecule has 1 atom stereocenters. The number of carbonyl (C=O) groups is 1. The fourth-order valence-corrected chi connectivity index (χ4v) is 2.53. The normalized spacial score (nSPS) is 10.8. The van der Waals surface area contributed by atoms with Crippen molar-refractivity contribution in [2.45, 2.75) is 25.3 Å². The van der Waals surface area contributed by atoms with Gasteiger partial charge in [-0.05, 0) is 43.7 Å². The van der Waals surface area contributed by atoms with Crippen molar-refractivity contribution in [2.24, 2.45) is 11.5 Å². The van der Waals surface area contributed by atoms with E-state index in [0.717, 1.165) is 35.2 Å². The Kier molecular flexibility index (Phi) is 11.5. The minimum atomic E-state index is -0.933. The zero-order valence-corrected chi connectivity index (χ0v) is 17.7. The fraction of sp³-hybridized carbons (Fsp3) is 0.238. The quantitative estimate of drug-likeness (QED) is 0.350. The van der Waals surface area contributed by atoms with Gasteiger partial charge in [0.2, 0.25) is 0 Å². The molecule has 0 aromatic carbocycles. The summed E-state index contributed by atoms with van der Waals surface area (Å²) in [7, 11) is 0. The molecule has 0 amide bonds. The molecule has 3 rings (SSSR count). The van der Waals surface area contributed by atoms with Crippen molar-refractivity contribution in [3.63, 3.8) is 0 Å². The zero-order valence-electron chi connectivity index (χ0n) is 16.0. The molecular formula is C21H25N5O2Ru. The van der Waals surface area contributed by atoms with E-state index in [4.69, 9.17) is 16.6 Å². The third kappa shape index (κ3) is 8.15. The average Bonchev–Trinajstić information content (AvgIpc) is 2.75. The topological polar surface area (TPSA) is 128 Å². The van der Waals surface area contributed by atoms with Gasteiger partial charge < -0.3 is 16.6 Å². The van der Waals surface area contributed by atoms with E-state index in [0.29, 0.717) is 13.0 Å². The van der Waals surface area contributed by atoms with Gasteiger partial charge in [0, 0.05) is 67.2 Å². The molecule has 0 aliphatic rings.